The van der Waals surface area contributed by atoms with Gasteiger partial charge in [-0.05, 0) is 0 Å². The Bertz CT molecular complexity index is 503. The first-order valence-corrected chi connectivity index (χ1v) is 3.46. The molecular weight excluding hydrogens is 172 g/mol. The van der Waals surface area contributed by atoms with Crippen LogP contribution in [0.1, 0.15) is 5.56 Å². The van der Waals surface area contributed by atoms with Crippen molar-refractivity contribution in [3.05, 3.63) is 26.4 Å². The topological polar surface area (TPSA) is 93.8 Å². The molecular formula is C7H8N4O2. The zero-order valence-electron chi connectivity index (χ0n) is 7.24. The number of nitrogens with two attached hydrogens (primary N) is 1. The van der Waals surface area contributed by atoms with E-state index < -0.39 is 11.2 Å². The maximum absolute atomic E-state index is 11.2. The van der Waals surface area contributed by atoms with Crippen LogP contribution in [0.5, 0.6) is 0 Å². The fraction of sp³-hybridized carbons (Fsp3) is 0.286. The Hall–Kier alpha value is -2.03. The summed E-state index contributed by atoms with van der Waals surface area (Å²) in [5.41, 5.74) is 3.98. The van der Waals surface area contributed by atoms with Crippen LogP contribution in [0.15, 0.2) is 9.59 Å². The van der Waals surface area contributed by atoms with E-state index in [-0.39, 0.29) is 11.4 Å². The molecule has 1 aromatic rings. The predicted octanol–water partition coefficient (Wildman–Crippen LogP) is -1.46. The Morgan fingerprint density at radius 1 is 1.31 bits per heavy atom. The van der Waals surface area contributed by atoms with E-state index in [1.807, 2.05) is 0 Å². The van der Waals surface area contributed by atoms with Crippen LogP contribution < -0.4 is 17.0 Å². The van der Waals surface area contributed by atoms with Gasteiger partial charge >= 0.3 is 5.69 Å². The number of hydrogen-bond donors (Lipinski definition) is 1. The van der Waals surface area contributed by atoms with Gasteiger partial charge in [-0.15, -0.1) is 0 Å². The van der Waals surface area contributed by atoms with Gasteiger partial charge in [-0.3, -0.25) is 13.9 Å². The molecule has 0 amide bonds. The van der Waals surface area contributed by atoms with Gasteiger partial charge in [-0.2, -0.15) is 5.26 Å². The molecule has 1 aromatic heterocycles. The molecule has 0 atom stereocenters. The highest BCUT2D eigenvalue weighted by Gasteiger charge is 2.11. The Labute approximate surface area is 73.4 Å². The number of nitriles is 1. The molecule has 0 radical (unpaired) electrons. The number of hydrogen-bond acceptors (Lipinski definition) is 4. The minimum Gasteiger partial charge on any atom is -0.384 e. The lowest BCUT2D eigenvalue weighted by atomic mass is 10.3. The number of nitrogen functional groups attached to an aromatic ring is 1. The fourth-order valence-corrected chi connectivity index (χ4v) is 0.965. The van der Waals surface area contributed by atoms with Crippen molar-refractivity contribution in [1.82, 2.24) is 9.13 Å². The maximum atomic E-state index is 11.2. The van der Waals surface area contributed by atoms with Gasteiger partial charge in [0.2, 0.25) is 0 Å². The van der Waals surface area contributed by atoms with E-state index in [1.165, 1.54) is 14.1 Å². The largest absolute Gasteiger partial charge is 0.384 e. The summed E-state index contributed by atoms with van der Waals surface area (Å²) < 4.78 is 1.90. The minimum atomic E-state index is -0.664. The van der Waals surface area contributed by atoms with Gasteiger partial charge in [0.1, 0.15) is 11.9 Å². The van der Waals surface area contributed by atoms with Crippen LogP contribution in [0.25, 0.3) is 0 Å². The summed E-state index contributed by atoms with van der Waals surface area (Å²) in [5, 5.41) is 8.58. The van der Waals surface area contributed by atoms with E-state index in [0.29, 0.717) is 0 Å². The molecule has 0 aromatic carbocycles. The van der Waals surface area contributed by atoms with Crippen molar-refractivity contribution < 1.29 is 0 Å². The third-order valence-corrected chi connectivity index (χ3v) is 1.82. The first kappa shape index (κ1) is 9.06. The molecule has 6 nitrogen and oxygen atoms in total. The van der Waals surface area contributed by atoms with Crippen molar-refractivity contribution in [2.45, 2.75) is 0 Å². The molecule has 0 bridgehead atoms. The average Bonchev–Trinajstić information content (AvgIpc) is 2.13. The Balaban J connectivity index is 3.92. The van der Waals surface area contributed by atoms with Crippen molar-refractivity contribution >= 4 is 5.82 Å². The van der Waals surface area contributed by atoms with E-state index in [2.05, 4.69) is 0 Å². The second kappa shape index (κ2) is 2.79. The van der Waals surface area contributed by atoms with Crippen LogP contribution in [0.4, 0.5) is 5.82 Å². The average molecular weight is 180 g/mol. The van der Waals surface area contributed by atoms with Gasteiger partial charge in [-0.25, -0.2) is 4.79 Å². The third-order valence-electron chi connectivity index (χ3n) is 1.82. The summed E-state index contributed by atoms with van der Waals surface area (Å²) in [6.07, 6.45) is 0. The quantitative estimate of drug-likeness (QED) is 0.527. The summed E-state index contributed by atoms with van der Waals surface area (Å²) in [6, 6.07) is 1.65. The molecule has 0 saturated heterocycles. The Morgan fingerprint density at radius 2 is 1.85 bits per heavy atom. The number of nitrogens with zero attached hydrogens (tertiary/aromatic N) is 3. The smallest absolute Gasteiger partial charge is 0.332 e. The summed E-state index contributed by atoms with van der Waals surface area (Å²) in [5.74, 6) is -0.101. The van der Waals surface area contributed by atoms with Crippen LogP contribution in [0.3, 0.4) is 0 Å². The molecule has 0 fully saturated rings. The van der Waals surface area contributed by atoms with Crippen LogP contribution in [-0.4, -0.2) is 9.13 Å². The fourth-order valence-electron chi connectivity index (χ4n) is 0.965. The zero-order chi connectivity index (χ0) is 10.2. The Morgan fingerprint density at radius 3 is 2.31 bits per heavy atom. The highest BCUT2D eigenvalue weighted by Crippen LogP contribution is 1.98. The summed E-state index contributed by atoms with van der Waals surface area (Å²) in [6.45, 7) is 0. The first-order chi connectivity index (χ1) is 6.00. The van der Waals surface area contributed by atoms with E-state index in [4.69, 9.17) is 11.0 Å². The normalized spacial score (nSPS) is 9.62. The molecule has 68 valence electrons. The van der Waals surface area contributed by atoms with Gasteiger partial charge < -0.3 is 5.73 Å². The lowest BCUT2D eigenvalue weighted by molar-refractivity contribution is 0.690. The standard InChI is InChI=1S/C7H8N4O2/c1-10-5(9)4(3-8)6(12)11(2)7(10)13/h9H2,1-2H3. The highest BCUT2D eigenvalue weighted by atomic mass is 16.2. The molecule has 6 heteroatoms. The van der Waals surface area contributed by atoms with E-state index in [9.17, 15) is 9.59 Å². The van der Waals surface area contributed by atoms with Crippen molar-refractivity contribution in [3.63, 3.8) is 0 Å². The van der Waals surface area contributed by atoms with Crippen LogP contribution in [-0.2, 0) is 14.1 Å². The summed E-state index contributed by atoms with van der Waals surface area (Å²) in [4.78, 5) is 22.5. The third kappa shape index (κ3) is 1.10. The van der Waals surface area contributed by atoms with Gasteiger partial charge in [0.15, 0.2) is 5.56 Å². The summed E-state index contributed by atoms with van der Waals surface area (Å²) in [7, 11) is 2.70. The lowest BCUT2D eigenvalue weighted by Gasteiger charge is -2.05. The summed E-state index contributed by atoms with van der Waals surface area (Å²) >= 11 is 0. The van der Waals surface area contributed by atoms with Crippen molar-refractivity contribution in [1.29, 1.82) is 5.26 Å². The number of anilines is 1. The highest BCUT2D eigenvalue weighted by molar-refractivity contribution is 5.46. The number of aromatic nitrogens is 2. The second-order valence-corrected chi connectivity index (χ2v) is 2.58. The molecule has 0 saturated carbocycles. The molecule has 13 heavy (non-hydrogen) atoms. The molecule has 0 unspecified atom stereocenters. The SMILES string of the molecule is Cn1c(N)c(C#N)c(=O)n(C)c1=O. The monoisotopic (exact) mass is 180 g/mol. The van der Waals surface area contributed by atoms with Crippen molar-refractivity contribution in [2.24, 2.45) is 14.1 Å². The van der Waals surface area contributed by atoms with Crippen LogP contribution >= 0.6 is 0 Å². The van der Waals surface area contributed by atoms with E-state index >= 15 is 0 Å². The Kier molecular flexibility index (Phi) is 1.94. The lowest BCUT2D eigenvalue weighted by Crippen LogP contribution is -2.39. The molecule has 2 N–H and O–H groups in total. The molecule has 1 rings (SSSR count). The van der Waals surface area contributed by atoms with E-state index in [1.54, 1.807) is 6.07 Å². The molecule has 1 heterocycles. The van der Waals surface area contributed by atoms with Gasteiger partial charge in [-0.1, -0.05) is 0 Å². The van der Waals surface area contributed by atoms with Gasteiger partial charge in [0, 0.05) is 14.1 Å². The number of rotatable bonds is 0. The molecule has 0 aliphatic carbocycles. The minimum absolute atomic E-state index is 0.101. The van der Waals surface area contributed by atoms with Crippen LogP contribution in [0, 0.1) is 11.3 Å². The maximum Gasteiger partial charge on any atom is 0.332 e. The zero-order valence-corrected chi connectivity index (χ0v) is 7.24. The van der Waals surface area contributed by atoms with E-state index in [0.717, 1.165) is 9.13 Å². The molecule has 0 aliphatic heterocycles. The van der Waals surface area contributed by atoms with Crippen molar-refractivity contribution in [3.8, 4) is 6.07 Å². The first-order valence-electron chi connectivity index (χ1n) is 3.46. The van der Waals surface area contributed by atoms with Gasteiger partial charge in [0.05, 0.1) is 0 Å². The molecule has 0 aliphatic rings. The van der Waals surface area contributed by atoms with Crippen molar-refractivity contribution in [2.75, 3.05) is 5.73 Å². The molecule has 0 spiro atoms. The second-order valence-electron chi connectivity index (χ2n) is 2.58. The van der Waals surface area contributed by atoms with Crippen LogP contribution in [0.2, 0.25) is 0 Å². The predicted molar refractivity (Wildman–Crippen MR) is 46.1 cm³/mol. The van der Waals surface area contributed by atoms with Gasteiger partial charge in [0.25, 0.3) is 5.56 Å².